The van der Waals surface area contributed by atoms with Crippen molar-refractivity contribution in [3.63, 3.8) is 0 Å². The van der Waals surface area contributed by atoms with Crippen molar-refractivity contribution in [2.75, 3.05) is 13.6 Å². The SMILES string of the molecule is Cc1ccc(CC(=O)N(C)CCc2ccncc2)cc1. The lowest BCUT2D eigenvalue weighted by Gasteiger charge is -2.17. The molecule has 1 aromatic heterocycles. The van der Waals surface area contributed by atoms with E-state index in [4.69, 9.17) is 0 Å². The highest BCUT2D eigenvalue weighted by Gasteiger charge is 2.09. The van der Waals surface area contributed by atoms with E-state index in [1.54, 1.807) is 17.3 Å². The number of carbonyl (C=O) groups is 1. The lowest BCUT2D eigenvalue weighted by molar-refractivity contribution is -0.129. The number of aromatic nitrogens is 1. The number of nitrogens with zero attached hydrogens (tertiary/aromatic N) is 2. The Labute approximate surface area is 120 Å². The average Bonchev–Trinajstić information content (AvgIpc) is 2.48. The van der Waals surface area contributed by atoms with Crippen LogP contribution in [0.3, 0.4) is 0 Å². The molecule has 0 aliphatic rings. The topological polar surface area (TPSA) is 33.2 Å². The first kappa shape index (κ1) is 14.3. The van der Waals surface area contributed by atoms with Crippen LogP contribution in [0.2, 0.25) is 0 Å². The van der Waals surface area contributed by atoms with E-state index in [-0.39, 0.29) is 5.91 Å². The van der Waals surface area contributed by atoms with Crippen molar-refractivity contribution >= 4 is 5.91 Å². The summed E-state index contributed by atoms with van der Waals surface area (Å²) in [5.74, 6) is 0.155. The molecule has 0 bridgehead atoms. The van der Waals surface area contributed by atoms with Gasteiger partial charge in [0.1, 0.15) is 0 Å². The number of benzene rings is 1. The fraction of sp³-hybridized carbons (Fsp3) is 0.294. The molecule has 0 aliphatic heterocycles. The van der Waals surface area contributed by atoms with Gasteiger partial charge in [-0.05, 0) is 36.6 Å². The van der Waals surface area contributed by atoms with Gasteiger partial charge in [0, 0.05) is 26.0 Å². The Morgan fingerprint density at radius 1 is 1.05 bits per heavy atom. The monoisotopic (exact) mass is 268 g/mol. The van der Waals surface area contributed by atoms with E-state index < -0.39 is 0 Å². The van der Waals surface area contributed by atoms with Crippen LogP contribution < -0.4 is 0 Å². The summed E-state index contributed by atoms with van der Waals surface area (Å²) >= 11 is 0. The fourth-order valence-corrected chi connectivity index (χ4v) is 1.99. The molecule has 3 nitrogen and oxygen atoms in total. The van der Waals surface area contributed by atoms with Crippen LogP contribution in [0.1, 0.15) is 16.7 Å². The molecule has 0 fully saturated rings. The lowest BCUT2D eigenvalue weighted by atomic mass is 10.1. The molecule has 0 aliphatic carbocycles. The molecule has 0 spiro atoms. The first-order chi connectivity index (χ1) is 9.65. The van der Waals surface area contributed by atoms with Gasteiger partial charge in [0.15, 0.2) is 0 Å². The van der Waals surface area contributed by atoms with Gasteiger partial charge in [0.2, 0.25) is 5.91 Å². The number of hydrogen-bond acceptors (Lipinski definition) is 2. The number of amides is 1. The van der Waals surface area contributed by atoms with Crippen LogP contribution in [0.4, 0.5) is 0 Å². The molecule has 0 saturated heterocycles. The minimum absolute atomic E-state index is 0.155. The molecule has 2 aromatic rings. The zero-order valence-corrected chi connectivity index (χ0v) is 12.0. The van der Waals surface area contributed by atoms with Gasteiger partial charge in [-0.3, -0.25) is 9.78 Å². The Bertz CT molecular complexity index is 549. The van der Waals surface area contributed by atoms with Crippen molar-refractivity contribution in [3.8, 4) is 0 Å². The standard InChI is InChI=1S/C17H20N2O/c1-14-3-5-16(6-4-14)13-17(20)19(2)12-9-15-7-10-18-11-8-15/h3-8,10-11H,9,12-13H2,1-2H3. The van der Waals surface area contributed by atoms with Crippen molar-refractivity contribution in [3.05, 3.63) is 65.5 Å². The normalized spacial score (nSPS) is 10.3. The van der Waals surface area contributed by atoms with Gasteiger partial charge in [-0.15, -0.1) is 0 Å². The van der Waals surface area contributed by atoms with E-state index in [2.05, 4.69) is 4.98 Å². The summed E-state index contributed by atoms with van der Waals surface area (Å²) in [4.78, 5) is 17.9. The van der Waals surface area contributed by atoms with Gasteiger partial charge in [-0.25, -0.2) is 0 Å². The van der Waals surface area contributed by atoms with Crippen molar-refractivity contribution in [2.45, 2.75) is 19.8 Å². The van der Waals surface area contributed by atoms with Gasteiger partial charge in [0.05, 0.1) is 6.42 Å². The van der Waals surface area contributed by atoms with Crippen LogP contribution in [0.15, 0.2) is 48.8 Å². The zero-order valence-electron chi connectivity index (χ0n) is 12.0. The van der Waals surface area contributed by atoms with Gasteiger partial charge in [-0.1, -0.05) is 29.8 Å². The number of pyridine rings is 1. The van der Waals surface area contributed by atoms with E-state index in [0.29, 0.717) is 6.42 Å². The molecule has 20 heavy (non-hydrogen) atoms. The van der Waals surface area contributed by atoms with Crippen molar-refractivity contribution in [1.82, 2.24) is 9.88 Å². The van der Waals surface area contributed by atoms with Crippen LogP contribution in [0, 0.1) is 6.92 Å². The Kier molecular flexibility index (Phi) is 4.88. The van der Waals surface area contributed by atoms with Crippen molar-refractivity contribution in [1.29, 1.82) is 0 Å². The van der Waals surface area contributed by atoms with E-state index in [1.165, 1.54) is 11.1 Å². The molecule has 0 atom stereocenters. The van der Waals surface area contributed by atoms with Crippen molar-refractivity contribution in [2.24, 2.45) is 0 Å². The third kappa shape index (κ3) is 4.19. The first-order valence-electron chi connectivity index (χ1n) is 6.83. The summed E-state index contributed by atoms with van der Waals surface area (Å²) in [7, 11) is 1.86. The number of aryl methyl sites for hydroxylation is 1. The van der Waals surface area contributed by atoms with Gasteiger partial charge in [0.25, 0.3) is 0 Å². The molecule has 1 amide bonds. The predicted octanol–water partition coefficient (Wildman–Crippen LogP) is 2.63. The molecule has 104 valence electrons. The third-order valence-electron chi connectivity index (χ3n) is 3.39. The molecular weight excluding hydrogens is 248 g/mol. The van der Waals surface area contributed by atoms with Crippen LogP contribution in [0.5, 0.6) is 0 Å². The zero-order chi connectivity index (χ0) is 14.4. The van der Waals surface area contributed by atoms with Gasteiger partial charge in [-0.2, -0.15) is 0 Å². The lowest BCUT2D eigenvalue weighted by Crippen LogP contribution is -2.30. The van der Waals surface area contributed by atoms with E-state index in [0.717, 1.165) is 18.5 Å². The highest BCUT2D eigenvalue weighted by atomic mass is 16.2. The Morgan fingerprint density at radius 3 is 2.35 bits per heavy atom. The Morgan fingerprint density at radius 2 is 1.70 bits per heavy atom. The van der Waals surface area contributed by atoms with Crippen molar-refractivity contribution < 1.29 is 4.79 Å². The number of likely N-dealkylation sites (N-methyl/N-ethyl adjacent to an activating group) is 1. The summed E-state index contributed by atoms with van der Waals surface area (Å²) in [6.07, 6.45) is 4.89. The highest BCUT2D eigenvalue weighted by molar-refractivity contribution is 5.78. The van der Waals surface area contributed by atoms with E-state index >= 15 is 0 Å². The maximum atomic E-state index is 12.1. The van der Waals surface area contributed by atoms with Crippen LogP contribution in [-0.2, 0) is 17.6 Å². The highest BCUT2D eigenvalue weighted by Crippen LogP contribution is 2.06. The quantitative estimate of drug-likeness (QED) is 0.835. The maximum Gasteiger partial charge on any atom is 0.226 e. The van der Waals surface area contributed by atoms with Gasteiger partial charge < -0.3 is 4.90 Å². The minimum atomic E-state index is 0.155. The second-order valence-corrected chi connectivity index (χ2v) is 5.08. The van der Waals surface area contributed by atoms with Crippen LogP contribution in [-0.4, -0.2) is 29.4 Å². The molecule has 0 saturated carbocycles. The average molecular weight is 268 g/mol. The fourth-order valence-electron chi connectivity index (χ4n) is 1.99. The molecule has 0 unspecified atom stereocenters. The summed E-state index contributed by atoms with van der Waals surface area (Å²) in [6.45, 7) is 2.78. The minimum Gasteiger partial charge on any atom is -0.345 e. The van der Waals surface area contributed by atoms with Gasteiger partial charge >= 0.3 is 0 Å². The Hall–Kier alpha value is -2.16. The summed E-state index contributed by atoms with van der Waals surface area (Å²) < 4.78 is 0. The van der Waals surface area contributed by atoms with E-state index in [9.17, 15) is 4.79 Å². The summed E-state index contributed by atoms with van der Waals surface area (Å²) in [5.41, 5.74) is 3.48. The second kappa shape index (κ2) is 6.85. The number of rotatable bonds is 5. The first-order valence-corrected chi connectivity index (χ1v) is 6.83. The largest absolute Gasteiger partial charge is 0.345 e. The second-order valence-electron chi connectivity index (χ2n) is 5.08. The molecule has 0 radical (unpaired) electrons. The number of hydrogen-bond donors (Lipinski definition) is 0. The summed E-state index contributed by atoms with van der Waals surface area (Å²) in [5, 5.41) is 0. The molecule has 3 heteroatoms. The number of carbonyl (C=O) groups excluding carboxylic acids is 1. The van der Waals surface area contributed by atoms with E-state index in [1.807, 2.05) is 50.4 Å². The maximum absolute atomic E-state index is 12.1. The molecule has 2 rings (SSSR count). The molecule has 1 aromatic carbocycles. The van der Waals surface area contributed by atoms with Crippen LogP contribution in [0.25, 0.3) is 0 Å². The van der Waals surface area contributed by atoms with Crippen LogP contribution >= 0.6 is 0 Å². The molecule has 0 N–H and O–H groups in total. The Balaban J connectivity index is 1.84. The smallest absolute Gasteiger partial charge is 0.226 e. The molecular formula is C17H20N2O. The third-order valence-corrected chi connectivity index (χ3v) is 3.39. The molecule has 1 heterocycles. The predicted molar refractivity (Wildman–Crippen MR) is 80.5 cm³/mol. The summed E-state index contributed by atoms with van der Waals surface area (Å²) in [6, 6.07) is 12.1.